The van der Waals surface area contributed by atoms with E-state index in [9.17, 15) is 4.79 Å². The molecule has 1 amide bonds. The lowest BCUT2D eigenvalue weighted by atomic mass is 9.73. The minimum atomic E-state index is 0.0352. The number of methoxy groups -OCH3 is 2. The molecule has 1 aromatic heterocycles. The molecule has 1 aliphatic heterocycles. The van der Waals surface area contributed by atoms with Crippen LogP contribution < -0.4 is 9.47 Å². The third-order valence-corrected chi connectivity index (χ3v) is 6.19. The van der Waals surface area contributed by atoms with E-state index in [0.29, 0.717) is 18.0 Å². The van der Waals surface area contributed by atoms with Crippen molar-refractivity contribution in [2.24, 2.45) is 16.9 Å². The molecule has 2 heterocycles. The number of hydrazone groups is 1. The SMILES string of the molecule is COc1ccc(C2=NN(CCCCn3ccnc3)C(=O)C3CCCCC23)cc1OC. The number of benzene rings is 1. The van der Waals surface area contributed by atoms with Gasteiger partial charge in [0.1, 0.15) is 0 Å². The van der Waals surface area contributed by atoms with Crippen molar-refractivity contribution >= 4 is 11.6 Å². The monoisotopic (exact) mass is 410 g/mol. The maximum absolute atomic E-state index is 13.1. The first-order chi connectivity index (χ1) is 14.7. The van der Waals surface area contributed by atoms with E-state index in [4.69, 9.17) is 14.6 Å². The van der Waals surface area contributed by atoms with Gasteiger partial charge in [0, 0.05) is 42.9 Å². The third kappa shape index (κ3) is 4.20. The largest absolute Gasteiger partial charge is 0.493 e. The maximum atomic E-state index is 13.1. The number of aryl methyl sites for hydroxylation is 1. The maximum Gasteiger partial charge on any atom is 0.246 e. The zero-order valence-electron chi connectivity index (χ0n) is 17.8. The van der Waals surface area contributed by atoms with E-state index in [1.54, 1.807) is 25.4 Å². The van der Waals surface area contributed by atoms with Crippen molar-refractivity contribution in [1.29, 1.82) is 0 Å². The van der Waals surface area contributed by atoms with Crippen LogP contribution in [-0.4, -0.2) is 46.9 Å². The highest BCUT2D eigenvalue weighted by atomic mass is 16.5. The molecule has 0 radical (unpaired) electrons. The van der Waals surface area contributed by atoms with Crippen LogP contribution in [0.3, 0.4) is 0 Å². The van der Waals surface area contributed by atoms with Crippen molar-refractivity contribution in [2.75, 3.05) is 20.8 Å². The van der Waals surface area contributed by atoms with Gasteiger partial charge >= 0.3 is 0 Å². The summed E-state index contributed by atoms with van der Waals surface area (Å²) in [5, 5.41) is 6.58. The van der Waals surface area contributed by atoms with Crippen LogP contribution in [0, 0.1) is 11.8 Å². The van der Waals surface area contributed by atoms with Gasteiger partial charge in [-0.2, -0.15) is 5.10 Å². The summed E-state index contributed by atoms with van der Waals surface area (Å²) in [6, 6.07) is 5.93. The molecule has 1 aliphatic carbocycles. The van der Waals surface area contributed by atoms with Crippen LogP contribution in [0.2, 0.25) is 0 Å². The van der Waals surface area contributed by atoms with Crippen molar-refractivity contribution in [3.63, 3.8) is 0 Å². The van der Waals surface area contributed by atoms with Crippen LogP contribution in [0.15, 0.2) is 42.0 Å². The summed E-state index contributed by atoms with van der Waals surface area (Å²) in [6.07, 6.45) is 11.7. The lowest BCUT2D eigenvalue weighted by molar-refractivity contribution is -0.139. The molecule has 2 aliphatic rings. The number of ether oxygens (including phenoxy) is 2. The number of hydrogen-bond donors (Lipinski definition) is 0. The molecule has 2 aromatic rings. The number of rotatable bonds is 8. The van der Waals surface area contributed by atoms with Gasteiger partial charge in [-0.1, -0.05) is 12.8 Å². The first kappa shape index (κ1) is 20.4. The molecule has 1 fully saturated rings. The van der Waals surface area contributed by atoms with Crippen LogP contribution in [0.1, 0.15) is 44.1 Å². The molecule has 2 unspecified atom stereocenters. The Hall–Kier alpha value is -2.83. The molecule has 0 N–H and O–H groups in total. The van der Waals surface area contributed by atoms with Crippen LogP contribution in [0.25, 0.3) is 0 Å². The van der Waals surface area contributed by atoms with E-state index in [-0.39, 0.29) is 17.7 Å². The summed E-state index contributed by atoms with van der Waals surface area (Å²) < 4.78 is 12.9. The second kappa shape index (κ2) is 9.32. The van der Waals surface area contributed by atoms with E-state index in [1.807, 2.05) is 30.7 Å². The molecule has 7 heteroatoms. The first-order valence-corrected chi connectivity index (χ1v) is 10.8. The molecule has 0 bridgehead atoms. The number of imidazole rings is 1. The van der Waals surface area contributed by atoms with E-state index in [0.717, 1.165) is 56.3 Å². The number of carbonyl (C=O) groups excluding carboxylic acids is 1. The van der Waals surface area contributed by atoms with Crippen molar-refractivity contribution in [3.05, 3.63) is 42.5 Å². The molecule has 2 atom stereocenters. The summed E-state index contributed by atoms with van der Waals surface area (Å²) >= 11 is 0. The zero-order valence-corrected chi connectivity index (χ0v) is 17.8. The summed E-state index contributed by atoms with van der Waals surface area (Å²) in [4.78, 5) is 17.2. The minimum absolute atomic E-state index is 0.0352. The van der Waals surface area contributed by atoms with E-state index in [2.05, 4.69) is 9.55 Å². The molecule has 4 rings (SSSR count). The second-order valence-electron chi connectivity index (χ2n) is 8.02. The van der Waals surface area contributed by atoms with Gasteiger partial charge in [-0.3, -0.25) is 4.79 Å². The zero-order chi connectivity index (χ0) is 20.9. The lowest BCUT2D eigenvalue weighted by Gasteiger charge is -2.38. The highest BCUT2D eigenvalue weighted by Crippen LogP contribution is 2.39. The summed E-state index contributed by atoms with van der Waals surface area (Å²) in [5.74, 6) is 1.80. The number of hydrogen-bond acceptors (Lipinski definition) is 5. The molecule has 7 nitrogen and oxygen atoms in total. The second-order valence-corrected chi connectivity index (χ2v) is 8.02. The van der Waals surface area contributed by atoms with E-state index >= 15 is 0 Å². The quantitative estimate of drug-likeness (QED) is 0.622. The summed E-state index contributed by atoms with van der Waals surface area (Å²) in [7, 11) is 3.28. The van der Waals surface area contributed by atoms with Crippen LogP contribution in [-0.2, 0) is 11.3 Å². The van der Waals surface area contributed by atoms with Crippen molar-refractivity contribution in [3.8, 4) is 11.5 Å². The fraction of sp³-hybridized carbons (Fsp3) is 0.522. The lowest BCUT2D eigenvalue weighted by Crippen LogP contribution is -2.46. The van der Waals surface area contributed by atoms with E-state index < -0.39 is 0 Å². The van der Waals surface area contributed by atoms with Gasteiger partial charge in [0.05, 0.1) is 26.3 Å². The standard InChI is InChI=1S/C23H30N4O3/c1-29-20-10-9-17(15-21(20)30-2)22-18-7-3-4-8-19(18)23(28)27(25-22)13-6-5-12-26-14-11-24-16-26/h9-11,14-16,18-19H,3-8,12-13H2,1-2H3. The molecule has 30 heavy (non-hydrogen) atoms. The molecule has 0 saturated heterocycles. The highest BCUT2D eigenvalue weighted by molar-refractivity contribution is 6.07. The predicted molar refractivity (Wildman–Crippen MR) is 115 cm³/mol. The number of aromatic nitrogens is 2. The van der Waals surface area contributed by atoms with Crippen LogP contribution in [0.4, 0.5) is 0 Å². The Morgan fingerprint density at radius 2 is 1.80 bits per heavy atom. The Balaban J connectivity index is 1.54. The fourth-order valence-corrected chi connectivity index (χ4v) is 4.60. The Bertz CT molecular complexity index is 894. The summed E-state index contributed by atoms with van der Waals surface area (Å²) in [5.41, 5.74) is 2.02. The number of carbonyl (C=O) groups is 1. The van der Waals surface area contributed by atoms with Crippen LogP contribution >= 0.6 is 0 Å². The highest BCUT2D eigenvalue weighted by Gasteiger charge is 2.41. The minimum Gasteiger partial charge on any atom is -0.493 e. The van der Waals surface area contributed by atoms with Gasteiger partial charge in [-0.05, 0) is 43.9 Å². The van der Waals surface area contributed by atoms with Crippen molar-refractivity contribution in [1.82, 2.24) is 14.6 Å². The smallest absolute Gasteiger partial charge is 0.246 e. The first-order valence-electron chi connectivity index (χ1n) is 10.8. The van der Waals surface area contributed by atoms with Crippen LogP contribution in [0.5, 0.6) is 11.5 Å². The van der Waals surface area contributed by atoms with Gasteiger partial charge < -0.3 is 14.0 Å². The molecular weight excluding hydrogens is 380 g/mol. The number of unbranched alkanes of at least 4 members (excludes halogenated alkanes) is 1. The Morgan fingerprint density at radius 3 is 2.53 bits per heavy atom. The van der Waals surface area contributed by atoms with Crippen molar-refractivity contribution in [2.45, 2.75) is 45.1 Å². The average molecular weight is 411 g/mol. The number of amides is 1. The molecular formula is C23H30N4O3. The van der Waals surface area contributed by atoms with Gasteiger partial charge in [-0.25, -0.2) is 9.99 Å². The van der Waals surface area contributed by atoms with Gasteiger partial charge in [0.15, 0.2) is 11.5 Å². The molecule has 0 spiro atoms. The fourth-order valence-electron chi connectivity index (χ4n) is 4.60. The topological polar surface area (TPSA) is 69.0 Å². The molecule has 1 saturated carbocycles. The Kier molecular flexibility index (Phi) is 6.35. The molecule has 1 aromatic carbocycles. The normalized spacial score (nSPS) is 21.2. The third-order valence-electron chi connectivity index (χ3n) is 6.19. The number of fused-ring (bicyclic) bond motifs is 1. The number of nitrogens with zero attached hydrogens (tertiary/aromatic N) is 4. The summed E-state index contributed by atoms with van der Waals surface area (Å²) in [6.45, 7) is 1.55. The van der Waals surface area contributed by atoms with Gasteiger partial charge in [0.25, 0.3) is 0 Å². The van der Waals surface area contributed by atoms with Crippen molar-refractivity contribution < 1.29 is 14.3 Å². The van der Waals surface area contributed by atoms with Gasteiger partial charge in [-0.15, -0.1) is 0 Å². The predicted octanol–water partition coefficient (Wildman–Crippen LogP) is 3.73. The Labute approximate surface area is 177 Å². The molecule has 160 valence electrons. The Morgan fingerprint density at radius 1 is 1.03 bits per heavy atom. The van der Waals surface area contributed by atoms with Gasteiger partial charge in [0.2, 0.25) is 5.91 Å². The van der Waals surface area contributed by atoms with E-state index in [1.165, 1.54) is 0 Å². The average Bonchev–Trinajstić information content (AvgIpc) is 3.31.